The van der Waals surface area contributed by atoms with Crippen molar-refractivity contribution in [3.05, 3.63) is 23.2 Å². The first-order chi connectivity index (χ1) is 9.99. The van der Waals surface area contributed by atoms with Gasteiger partial charge >= 0.3 is 0 Å². The second-order valence-corrected chi connectivity index (χ2v) is 5.79. The van der Waals surface area contributed by atoms with Gasteiger partial charge in [-0.1, -0.05) is 0 Å². The molecule has 0 aliphatic carbocycles. The largest absolute Gasteiger partial charge is 0.352 e. The molecule has 6 nitrogen and oxygen atoms in total. The summed E-state index contributed by atoms with van der Waals surface area (Å²) in [4.78, 5) is 28.1. The summed E-state index contributed by atoms with van der Waals surface area (Å²) in [5.41, 5.74) is 1.47. The van der Waals surface area contributed by atoms with E-state index < -0.39 is 0 Å². The molecule has 0 fully saturated rings. The second kappa shape index (κ2) is 6.76. The van der Waals surface area contributed by atoms with Crippen LogP contribution in [-0.2, 0) is 9.59 Å². The van der Waals surface area contributed by atoms with Gasteiger partial charge in [0.05, 0.1) is 5.57 Å². The molecule has 21 heavy (non-hydrogen) atoms. The Morgan fingerprint density at radius 1 is 1.48 bits per heavy atom. The normalized spacial score (nSPS) is 18.4. The van der Waals surface area contributed by atoms with Crippen LogP contribution in [0.15, 0.2) is 23.2 Å². The van der Waals surface area contributed by atoms with Gasteiger partial charge in [-0.05, 0) is 46.8 Å². The van der Waals surface area contributed by atoms with Gasteiger partial charge < -0.3 is 15.5 Å². The van der Waals surface area contributed by atoms with Crippen LogP contribution in [-0.4, -0.2) is 55.3 Å². The zero-order valence-corrected chi connectivity index (χ0v) is 13.0. The highest BCUT2D eigenvalue weighted by atomic mass is 16.2. The van der Waals surface area contributed by atoms with E-state index in [0.717, 1.165) is 25.1 Å². The summed E-state index contributed by atoms with van der Waals surface area (Å²) >= 11 is 0. The fourth-order valence-electron chi connectivity index (χ4n) is 2.58. The molecule has 0 atom stereocenters. The van der Waals surface area contributed by atoms with Crippen molar-refractivity contribution in [1.29, 1.82) is 0 Å². The van der Waals surface area contributed by atoms with E-state index in [1.165, 1.54) is 0 Å². The molecule has 2 amide bonds. The van der Waals surface area contributed by atoms with Crippen LogP contribution in [0.2, 0.25) is 0 Å². The SMILES string of the molecule is CC1=CC(=O)N2CCCC(C(=O)NCCCN(C)C)=C2N1. The van der Waals surface area contributed by atoms with Crippen LogP contribution in [0.25, 0.3) is 0 Å². The monoisotopic (exact) mass is 292 g/mol. The lowest BCUT2D eigenvalue weighted by Crippen LogP contribution is -2.45. The van der Waals surface area contributed by atoms with Gasteiger partial charge in [-0.25, -0.2) is 0 Å². The molecular formula is C15H24N4O2. The molecule has 2 aliphatic heterocycles. The van der Waals surface area contributed by atoms with Crippen molar-refractivity contribution in [2.24, 2.45) is 0 Å². The molecule has 2 rings (SSSR count). The van der Waals surface area contributed by atoms with E-state index in [0.29, 0.717) is 30.9 Å². The van der Waals surface area contributed by atoms with E-state index in [1.807, 2.05) is 21.0 Å². The topological polar surface area (TPSA) is 64.7 Å². The summed E-state index contributed by atoms with van der Waals surface area (Å²) in [5.74, 6) is 0.554. The number of nitrogens with zero attached hydrogens (tertiary/aromatic N) is 2. The quantitative estimate of drug-likeness (QED) is 0.720. The molecular weight excluding hydrogens is 268 g/mol. The lowest BCUT2D eigenvalue weighted by atomic mass is 10.0. The Morgan fingerprint density at radius 2 is 2.24 bits per heavy atom. The predicted octanol–water partition coefficient (Wildman–Crippen LogP) is 0.395. The molecule has 2 aliphatic rings. The van der Waals surface area contributed by atoms with Crippen molar-refractivity contribution in [2.45, 2.75) is 26.2 Å². The first-order valence-electron chi connectivity index (χ1n) is 7.42. The van der Waals surface area contributed by atoms with Gasteiger partial charge in [0.1, 0.15) is 5.82 Å². The maximum Gasteiger partial charge on any atom is 0.253 e. The molecule has 0 aromatic heterocycles. The minimum absolute atomic E-state index is 0.0427. The standard InChI is InChI=1S/C15H24N4O2/c1-11-10-13(20)19-9-4-6-12(14(19)17-11)15(21)16-7-5-8-18(2)3/h10,17H,4-9H2,1-3H3,(H,16,21). The highest BCUT2D eigenvalue weighted by Crippen LogP contribution is 2.24. The Hall–Kier alpha value is -1.82. The zero-order valence-electron chi connectivity index (χ0n) is 13.0. The van der Waals surface area contributed by atoms with E-state index in [2.05, 4.69) is 15.5 Å². The summed E-state index contributed by atoms with van der Waals surface area (Å²) in [6.45, 7) is 4.10. The van der Waals surface area contributed by atoms with E-state index >= 15 is 0 Å². The number of nitrogens with one attached hydrogen (secondary N) is 2. The molecule has 0 bridgehead atoms. The fraction of sp³-hybridized carbons (Fsp3) is 0.600. The summed E-state index contributed by atoms with van der Waals surface area (Å²) in [6, 6.07) is 0. The number of hydrogen-bond donors (Lipinski definition) is 2. The third-order valence-corrected chi connectivity index (χ3v) is 3.63. The maximum absolute atomic E-state index is 12.3. The second-order valence-electron chi connectivity index (χ2n) is 5.79. The molecule has 0 radical (unpaired) electrons. The summed E-state index contributed by atoms with van der Waals surface area (Å²) in [5, 5.41) is 6.11. The number of rotatable bonds is 5. The zero-order chi connectivity index (χ0) is 15.4. The molecule has 116 valence electrons. The van der Waals surface area contributed by atoms with Crippen LogP contribution >= 0.6 is 0 Å². The van der Waals surface area contributed by atoms with Gasteiger partial charge in [-0.2, -0.15) is 0 Å². The van der Waals surface area contributed by atoms with Gasteiger partial charge in [0.15, 0.2) is 0 Å². The van der Waals surface area contributed by atoms with Crippen LogP contribution < -0.4 is 10.6 Å². The summed E-state index contributed by atoms with van der Waals surface area (Å²) < 4.78 is 0. The predicted molar refractivity (Wildman–Crippen MR) is 81.0 cm³/mol. The van der Waals surface area contributed by atoms with Crippen molar-refractivity contribution >= 4 is 11.8 Å². The van der Waals surface area contributed by atoms with Crippen LogP contribution in [0.1, 0.15) is 26.2 Å². The number of allylic oxidation sites excluding steroid dienone is 1. The van der Waals surface area contributed by atoms with Crippen molar-refractivity contribution < 1.29 is 9.59 Å². The summed E-state index contributed by atoms with van der Waals surface area (Å²) in [6.07, 6.45) is 4.01. The molecule has 0 aromatic rings. The van der Waals surface area contributed by atoms with Gasteiger partial charge in [0, 0.05) is 24.9 Å². The minimum atomic E-state index is -0.0662. The first-order valence-corrected chi connectivity index (χ1v) is 7.42. The van der Waals surface area contributed by atoms with Crippen LogP contribution in [0.4, 0.5) is 0 Å². The average Bonchev–Trinajstić information content (AvgIpc) is 2.42. The van der Waals surface area contributed by atoms with Crippen LogP contribution in [0.3, 0.4) is 0 Å². The van der Waals surface area contributed by atoms with Gasteiger partial charge in [-0.3, -0.25) is 14.5 Å². The van der Waals surface area contributed by atoms with Crippen molar-refractivity contribution in [3.63, 3.8) is 0 Å². The molecule has 0 saturated carbocycles. The molecule has 6 heteroatoms. The number of amides is 2. The van der Waals surface area contributed by atoms with E-state index in [-0.39, 0.29) is 11.8 Å². The van der Waals surface area contributed by atoms with E-state index in [9.17, 15) is 9.59 Å². The van der Waals surface area contributed by atoms with Crippen molar-refractivity contribution in [1.82, 2.24) is 20.4 Å². The lowest BCUT2D eigenvalue weighted by Gasteiger charge is -2.34. The van der Waals surface area contributed by atoms with Gasteiger partial charge in [0.25, 0.3) is 11.8 Å². The Kier molecular flexibility index (Phi) is 5.01. The molecule has 2 N–H and O–H groups in total. The van der Waals surface area contributed by atoms with Gasteiger partial charge in [-0.15, -0.1) is 0 Å². The molecule has 0 spiro atoms. The summed E-state index contributed by atoms with van der Waals surface area (Å²) in [7, 11) is 4.02. The average molecular weight is 292 g/mol. The number of carbonyl (C=O) groups is 2. The smallest absolute Gasteiger partial charge is 0.253 e. The first kappa shape index (κ1) is 15.6. The number of hydrogen-bond acceptors (Lipinski definition) is 4. The van der Waals surface area contributed by atoms with E-state index in [1.54, 1.807) is 11.0 Å². The van der Waals surface area contributed by atoms with Gasteiger partial charge in [0.2, 0.25) is 0 Å². The van der Waals surface area contributed by atoms with Crippen LogP contribution in [0.5, 0.6) is 0 Å². The number of fused-ring (bicyclic) bond motifs is 1. The fourth-order valence-corrected chi connectivity index (χ4v) is 2.58. The van der Waals surface area contributed by atoms with Crippen molar-refractivity contribution in [3.8, 4) is 0 Å². The minimum Gasteiger partial charge on any atom is -0.352 e. The Bertz CT molecular complexity index is 494. The molecule has 0 aromatic carbocycles. The highest BCUT2D eigenvalue weighted by Gasteiger charge is 2.30. The highest BCUT2D eigenvalue weighted by molar-refractivity contribution is 5.97. The third-order valence-electron chi connectivity index (χ3n) is 3.63. The maximum atomic E-state index is 12.3. The van der Waals surface area contributed by atoms with Crippen LogP contribution in [0, 0.1) is 0 Å². The molecule has 0 saturated heterocycles. The number of carbonyl (C=O) groups excluding carboxylic acids is 2. The third kappa shape index (κ3) is 3.85. The Labute approximate surface area is 125 Å². The molecule has 0 unspecified atom stereocenters. The lowest BCUT2D eigenvalue weighted by molar-refractivity contribution is -0.125. The Morgan fingerprint density at radius 3 is 2.95 bits per heavy atom. The molecule has 2 heterocycles. The van der Waals surface area contributed by atoms with E-state index in [4.69, 9.17) is 0 Å². The van der Waals surface area contributed by atoms with Crippen molar-refractivity contribution in [2.75, 3.05) is 33.7 Å². The Balaban J connectivity index is 2.03.